The van der Waals surface area contributed by atoms with E-state index in [1.165, 1.54) is 12.1 Å². The van der Waals surface area contributed by atoms with Gasteiger partial charge in [-0.05, 0) is 23.8 Å². The van der Waals surface area contributed by atoms with Crippen molar-refractivity contribution in [1.29, 1.82) is 0 Å². The predicted octanol–water partition coefficient (Wildman–Crippen LogP) is 3.72. The summed E-state index contributed by atoms with van der Waals surface area (Å²) in [5.41, 5.74) is 0.991. The molecule has 0 bridgehead atoms. The molecule has 0 spiro atoms. The summed E-state index contributed by atoms with van der Waals surface area (Å²) in [6, 6.07) is 12.3. The van der Waals surface area contributed by atoms with Crippen LogP contribution >= 0.6 is 0 Å². The lowest BCUT2D eigenvalue weighted by Gasteiger charge is -2.01. The van der Waals surface area contributed by atoms with E-state index >= 15 is 0 Å². The Morgan fingerprint density at radius 3 is 2.55 bits per heavy atom. The molecule has 0 saturated heterocycles. The van der Waals surface area contributed by atoms with E-state index in [1.54, 1.807) is 0 Å². The van der Waals surface area contributed by atoms with Crippen molar-refractivity contribution in [2.45, 2.75) is 6.61 Å². The van der Waals surface area contributed by atoms with E-state index in [1.807, 2.05) is 30.3 Å². The van der Waals surface area contributed by atoms with Crippen molar-refractivity contribution < 1.29 is 18.3 Å². The molecule has 4 heteroatoms. The van der Waals surface area contributed by atoms with Gasteiger partial charge in [-0.3, -0.25) is 0 Å². The van der Waals surface area contributed by atoms with Gasteiger partial charge in [0, 0.05) is 17.7 Å². The molecule has 0 amide bonds. The van der Waals surface area contributed by atoms with Crippen LogP contribution in [0.1, 0.15) is 11.1 Å². The van der Waals surface area contributed by atoms with Crippen LogP contribution in [-0.2, 0) is 16.1 Å². The van der Waals surface area contributed by atoms with Gasteiger partial charge in [0.1, 0.15) is 18.2 Å². The first kappa shape index (κ1) is 13.9. The molecular formula is C16H12F2O2. The number of carbonyl (C=O) groups is 1. The number of hydrogen-bond donors (Lipinski definition) is 0. The molecule has 0 heterocycles. The van der Waals surface area contributed by atoms with Crippen LogP contribution in [0.3, 0.4) is 0 Å². The summed E-state index contributed by atoms with van der Waals surface area (Å²) < 4.78 is 31.0. The molecule has 20 heavy (non-hydrogen) atoms. The fourth-order valence-corrected chi connectivity index (χ4v) is 1.57. The second kappa shape index (κ2) is 6.61. The van der Waals surface area contributed by atoms with Gasteiger partial charge >= 0.3 is 5.97 Å². The summed E-state index contributed by atoms with van der Waals surface area (Å²) in [6.07, 6.45) is 2.36. The van der Waals surface area contributed by atoms with E-state index in [0.717, 1.165) is 23.8 Å². The normalized spacial score (nSPS) is 10.7. The second-order valence-corrected chi connectivity index (χ2v) is 4.09. The van der Waals surface area contributed by atoms with Gasteiger partial charge in [0.25, 0.3) is 0 Å². The standard InChI is InChI=1S/C16H12F2O2/c17-14-8-6-13(15(18)10-14)7-9-16(19)20-11-12-4-2-1-3-5-12/h1-10H,11H2. The van der Waals surface area contributed by atoms with E-state index < -0.39 is 17.6 Å². The van der Waals surface area contributed by atoms with Gasteiger partial charge in [-0.15, -0.1) is 0 Å². The Balaban J connectivity index is 1.92. The number of carbonyl (C=O) groups excluding carboxylic acids is 1. The van der Waals surface area contributed by atoms with Crippen LogP contribution < -0.4 is 0 Å². The van der Waals surface area contributed by atoms with Crippen LogP contribution in [0, 0.1) is 11.6 Å². The maximum absolute atomic E-state index is 13.3. The monoisotopic (exact) mass is 274 g/mol. The number of benzene rings is 2. The van der Waals surface area contributed by atoms with E-state index in [2.05, 4.69) is 0 Å². The molecule has 0 radical (unpaired) electrons. The summed E-state index contributed by atoms with van der Waals surface area (Å²) >= 11 is 0. The maximum Gasteiger partial charge on any atom is 0.331 e. The quantitative estimate of drug-likeness (QED) is 0.627. The molecule has 2 nitrogen and oxygen atoms in total. The van der Waals surface area contributed by atoms with Crippen molar-refractivity contribution in [1.82, 2.24) is 0 Å². The fraction of sp³-hybridized carbons (Fsp3) is 0.0625. The number of ether oxygens (including phenoxy) is 1. The highest BCUT2D eigenvalue weighted by Crippen LogP contribution is 2.11. The molecule has 2 rings (SSSR count). The molecule has 0 saturated carbocycles. The van der Waals surface area contributed by atoms with Gasteiger partial charge in [-0.25, -0.2) is 13.6 Å². The number of rotatable bonds is 4. The summed E-state index contributed by atoms with van der Waals surface area (Å²) in [5.74, 6) is -1.97. The van der Waals surface area contributed by atoms with Gasteiger partial charge in [-0.1, -0.05) is 30.3 Å². The zero-order chi connectivity index (χ0) is 14.4. The molecule has 0 aliphatic carbocycles. The molecule has 0 unspecified atom stereocenters. The lowest BCUT2D eigenvalue weighted by Crippen LogP contribution is -2.00. The molecule has 0 aliphatic heterocycles. The Kier molecular flexibility index (Phi) is 4.60. The molecular weight excluding hydrogens is 262 g/mol. The lowest BCUT2D eigenvalue weighted by atomic mass is 10.2. The first-order valence-corrected chi connectivity index (χ1v) is 5.99. The smallest absolute Gasteiger partial charge is 0.331 e. The van der Waals surface area contributed by atoms with Crippen LogP contribution in [0.5, 0.6) is 0 Å². The van der Waals surface area contributed by atoms with Crippen molar-refractivity contribution in [3.05, 3.63) is 77.4 Å². The van der Waals surface area contributed by atoms with Crippen molar-refractivity contribution in [3.8, 4) is 0 Å². The Bertz CT molecular complexity index is 622. The highest BCUT2D eigenvalue weighted by Gasteiger charge is 2.02. The molecule has 2 aromatic rings. The number of esters is 1. The van der Waals surface area contributed by atoms with E-state index in [9.17, 15) is 13.6 Å². The fourth-order valence-electron chi connectivity index (χ4n) is 1.57. The average molecular weight is 274 g/mol. The average Bonchev–Trinajstić information content (AvgIpc) is 2.45. The van der Waals surface area contributed by atoms with Gasteiger partial charge < -0.3 is 4.74 Å². The molecule has 102 valence electrons. The maximum atomic E-state index is 13.3. The Morgan fingerprint density at radius 2 is 1.85 bits per heavy atom. The number of halogens is 2. The van der Waals surface area contributed by atoms with Crippen molar-refractivity contribution in [2.24, 2.45) is 0 Å². The Hall–Kier alpha value is -2.49. The van der Waals surface area contributed by atoms with E-state index in [-0.39, 0.29) is 12.2 Å². The minimum absolute atomic E-state index is 0.128. The lowest BCUT2D eigenvalue weighted by molar-refractivity contribution is -0.138. The van der Waals surface area contributed by atoms with Crippen LogP contribution in [-0.4, -0.2) is 5.97 Å². The third kappa shape index (κ3) is 4.02. The van der Waals surface area contributed by atoms with Crippen LogP contribution in [0.15, 0.2) is 54.6 Å². The minimum Gasteiger partial charge on any atom is -0.458 e. The van der Waals surface area contributed by atoms with E-state index in [0.29, 0.717) is 0 Å². The van der Waals surface area contributed by atoms with Gasteiger partial charge in [0.2, 0.25) is 0 Å². The van der Waals surface area contributed by atoms with Gasteiger partial charge in [0.15, 0.2) is 0 Å². The minimum atomic E-state index is -0.725. The Morgan fingerprint density at radius 1 is 1.10 bits per heavy atom. The van der Waals surface area contributed by atoms with Crippen LogP contribution in [0.4, 0.5) is 8.78 Å². The highest BCUT2D eigenvalue weighted by molar-refractivity contribution is 5.87. The van der Waals surface area contributed by atoms with Crippen LogP contribution in [0.25, 0.3) is 6.08 Å². The van der Waals surface area contributed by atoms with Crippen molar-refractivity contribution in [3.63, 3.8) is 0 Å². The Labute approximate surface area is 115 Å². The molecule has 0 aliphatic rings. The summed E-state index contributed by atoms with van der Waals surface area (Å²) in [4.78, 5) is 11.5. The first-order chi connectivity index (χ1) is 9.65. The molecule has 0 N–H and O–H groups in total. The van der Waals surface area contributed by atoms with E-state index in [4.69, 9.17) is 4.74 Å². The zero-order valence-electron chi connectivity index (χ0n) is 10.6. The predicted molar refractivity (Wildman–Crippen MR) is 71.6 cm³/mol. The van der Waals surface area contributed by atoms with Gasteiger partial charge in [0.05, 0.1) is 0 Å². The van der Waals surface area contributed by atoms with Crippen LogP contribution in [0.2, 0.25) is 0 Å². The number of hydrogen-bond acceptors (Lipinski definition) is 2. The highest BCUT2D eigenvalue weighted by atomic mass is 19.1. The largest absolute Gasteiger partial charge is 0.458 e. The molecule has 0 aromatic heterocycles. The molecule has 0 atom stereocenters. The molecule has 0 fully saturated rings. The van der Waals surface area contributed by atoms with Gasteiger partial charge in [-0.2, -0.15) is 0 Å². The SMILES string of the molecule is O=C(C=Cc1ccc(F)cc1F)OCc1ccccc1. The van der Waals surface area contributed by atoms with Crippen molar-refractivity contribution in [2.75, 3.05) is 0 Å². The van der Waals surface area contributed by atoms with Crippen molar-refractivity contribution >= 4 is 12.0 Å². The third-order valence-electron chi connectivity index (χ3n) is 2.59. The molecule has 2 aromatic carbocycles. The summed E-state index contributed by atoms with van der Waals surface area (Å²) in [7, 11) is 0. The topological polar surface area (TPSA) is 26.3 Å². The second-order valence-electron chi connectivity index (χ2n) is 4.09. The first-order valence-electron chi connectivity index (χ1n) is 5.99. The summed E-state index contributed by atoms with van der Waals surface area (Å²) in [5, 5.41) is 0. The summed E-state index contributed by atoms with van der Waals surface area (Å²) in [6.45, 7) is 0.149. The zero-order valence-corrected chi connectivity index (χ0v) is 10.6. The third-order valence-corrected chi connectivity index (χ3v) is 2.59.